The maximum Gasteiger partial charge on any atom is 0.342 e. The fourth-order valence-corrected chi connectivity index (χ4v) is 2.99. The largest absolute Gasteiger partial charge is 0.462 e. The summed E-state index contributed by atoms with van der Waals surface area (Å²) in [6.07, 6.45) is 1.49. The molecule has 0 N–H and O–H groups in total. The molecule has 124 valence electrons. The van der Waals surface area contributed by atoms with Gasteiger partial charge in [-0.1, -0.05) is 6.92 Å². The molecular weight excluding hydrogens is 296 g/mol. The Morgan fingerprint density at radius 1 is 1.26 bits per heavy atom. The average molecular weight is 318 g/mol. The lowest BCUT2D eigenvalue weighted by molar-refractivity contribution is 0.0526. The van der Waals surface area contributed by atoms with Gasteiger partial charge in [-0.15, -0.1) is 0 Å². The summed E-state index contributed by atoms with van der Waals surface area (Å²) in [7, 11) is 0. The molecule has 1 aliphatic rings. The topological polar surface area (TPSA) is 71.7 Å². The Labute approximate surface area is 135 Å². The van der Waals surface area contributed by atoms with E-state index in [4.69, 9.17) is 9.15 Å². The number of fused-ring (bicyclic) bond motifs is 1. The molecule has 0 spiro atoms. The summed E-state index contributed by atoms with van der Waals surface area (Å²) in [5.41, 5.74) is 0.879. The summed E-state index contributed by atoms with van der Waals surface area (Å²) < 4.78 is 10.8. The van der Waals surface area contributed by atoms with Gasteiger partial charge in [0.25, 0.3) is 0 Å². The molecule has 1 fully saturated rings. The van der Waals surface area contributed by atoms with Crippen molar-refractivity contribution in [2.75, 3.05) is 44.2 Å². The van der Waals surface area contributed by atoms with E-state index in [2.05, 4.69) is 26.7 Å². The Kier molecular flexibility index (Phi) is 4.47. The third kappa shape index (κ3) is 2.88. The van der Waals surface area contributed by atoms with Gasteiger partial charge in [-0.25, -0.2) is 14.8 Å². The van der Waals surface area contributed by atoms with Crippen LogP contribution in [0.1, 0.15) is 30.0 Å². The lowest BCUT2D eigenvalue weighted by Gasteiger charge is -2.34. The summed E-state index contributed by atoms with van der Waals surface area (Å²) >= 11 is 0. The maximum absolute atomic E-state index is 12.3. The van der Waals surface area contributed by atoms with E-state index in [9.17, 15) is 4.79 Å². The van der Waals surface area contributed by atoms with E-state index < -0.39 is 0 Å². The van der Waals surface area contributed by atoms with Crippen molar-refractivity contribution in [3.05, 3.63) is 17.7 Å². The molecule has 3 rings (SSSR count). The van der Waals surface area contributed by atoms with Gasteiger partial charge >= 0.3 is 5.97 Å². The van der Waals surface area contributed by atoms with Crippen molar-refractivity contribution in [3.63, 3.8) is 0 Å². The first kappa shape index (κ1) is 15.7. The highest BCUT2D eigenvalue weighted by Crippen LogP contribution is 2.32. The molecule has 2 aromatic heterocycles. The number of carbonyl (C=O) groups is 1. The SMILES string of the molecule is CCOC(=O)c1c(C)oc2ncnc(N3CCN(CC)CC3)c12. The maximum atomic E-state index is 12.3. The quantitative estimate of drug-likeness (QED) is 0.797. The number of ether oxygens (including phenoxy) is 1. The Morgan fingerprint density at radius 2 is 2.00 bits per heavy atom. The van der Waals surface area contributed by atoms with Crippen LogP contribution in [0.5, 0.6) is 0 Å². The third-order valence-electron chi connectivity index (χ3n) is 4.24. The second-order valence-corrected chi connectivity index (χ2v) is 5.55. The molecule has 3 heterocycles. The van der Waals surface area contributed by atoms with E-state index in [1.54, 1.807) is 13.8 Å². The second kappa shape index (κ2) is 6.54. The van der Waals surface area contributed by atoms with Crippen molar-refractivity contribution in [2.24, 2.45) is 0 Å². The normalized spacial score (nSPS) is 16.0. The van der Waals surface area contributed by atoms with E-state index in [-0.39, 0.29) is 5.97 Å². The number of esters is 1. The smallest absolute Gasteiger partial charge is 0.342 e. The molecule has 23 heavy (non-hydrogen) atoms. The Bertz CT molecular complexity index is 705. The van der Waals surface area contributed by atoms with Gasteiger partial charge in [-0.3, -0.25) is 0 Å². The van der Waals surface area contributed by atoms with Crippen molar-refractivity contribution in [3.8, 4) is 0 Å². The molecule has 0 bridgehead atoms. The van der Waals surface area contributed by atoms with Crippen LogP contribution in [0.15, 0.2) is 10.7 Å². The van der Waals surface area contributed by atoms with Gasteiger partial charge in [-0.05, 0) is 20.4 Å². The molecule has 0 atom stereocenters. The van der Waals surface area contributed by atoms with E-state index in [0.717, 1.165) is 38.5 Å². The Morgan fingerprint density at radius 3 is 2.65 bits per heavy atom. The minimum Gasteiger partial charge on any atom is -0.462 e. The van der Waals surface area contributed by atoms with Crippen LogP contribution in [0.25, 0.3) is 11.1 Å². The van der Waals surface area contributed by atoms with Crippen LogP contribution < -0.4 is 4.90 Å². The monoisotopic (exact) mass is 318 g/mol. The van der Waals surface area contributed by atoms with Crippen molar-refractivity contribution in [1.29, 1.82) is 0 Å². The number of likely N-dealkylation sites (N-methyl/N-ethyl adjacent to an activating group) is 1. The van der Waals surface area contributed by atoms with Gasteiger partial charge in [0.2, 0.25) is 5.71 Å². The zero-order valence-electron chi connectivity index (χ0n) is 13.8. The summed E-state index contributed by atoms with van der Waals surface area (Å²) in [5, 5.41) is 0.661. The molecule has 7 heteroatoms. The van der Waals surface area contributed by atoms with E-state index in [1.807, 2.05) is 0 Å². The molecule has 7 nitrogen and oxygen atoms in total. The number of aryl methyl sites for hydroxylation is 1. The molecule has 0 unspecified atom stereocenters. The van der Waals surface area contributed by atoms with E-state index in [1.165, 1.54) is 6.33 Å². The van der Waals surface area contributed by atoms with Crippen LogP contribution in [-0.2, 0) is 4.74 Å². The Hall–Kier alpha value is -2.15. The average Bonchev–Trinajstić information content (AvgIpc) is 2.91. The number of furan rings is 1. The van der Waals surface area contributed by atoms with Crippen molar-refractivity contribution < 1.29 is 13.9 Å². The lowest BCUT2D eigenvalue weighted by Crippen LogP contribution is -2.46. The predicted molar refractivity (Wildman–Crippen MR) is 86.8 cm³/mol. The fourth-order valence-electron chi connectivity index (χ4n) is 2.99. The fraction of sp³-hybridized carbons (Fsp3) is 0.562. The highest BCUT2D eigenvalue weighted by molar-refractivity contribution is 6.07. The van der Waals surface area contributed by atoms with Crippen LogP contribution in [0.4, 0.5) is 5.82 Å². The number of hydrogen-bond donors (Lipinski definition) is 0. The van der Waals surface area contributed by atoms with E-state index in [0.29, 0.717) is 29.0 Å². The third-order valence-corrected chi connectivity index (χ3v) is 4.24. The van der Waals surface area contributed by atoms with Crippen molar-refractivity contribution in [1.82, 2.24) is 14.9 Å². The van der Waals surface area contributed by atoms with Crippen LogP contribution in [0.2, 0.25) is 0 Å². The molecule has 0 saturated carbocycles. The number of hydrogen-bond acceptors (Lipinski definition) is 7. The van der Waals surface area contributed by atoms with Crippen molar-refractivity contribution >= 4 is 22.9 Å². The van der Waals surface area contributed by atoms with Crippen molar-refractivity contribution in [2.45, 2.75) is 20.8 Å². The minimum absolute atomic E-state index is 0.323. The minimum atomic E-state index is -0.382. The van der Waals surface area contributed by atoms with Crippen LogP contribution in [0, 0.1) is 6.92 Å². The number of anilines is 1. The van der Waals surface area contributed by atoms with Crippen LogP contribution in [0.3, 0.4) is 0 Å². The number of piperazine rings is 1. The molecular formula is C16H22N4O3. The number of nitrogens with zero attached hydrogens (tertiary/aromatic N) is 4. The van der Waals surface area contributed by atoms with Gasteiger partial charge in [0.05, 0.1) is 12.0 Å². The first-order valence-corrected chi connectivity index (χ1v) is 8.04. The summed E-state index contributed by atoms with van der Waals surface area (Å²) in [5.74, 6) is 0.894. The van der Waals surface area contributed by atoms with E-state index >= 15 is 0 Å². The molecule has 0 aliphatic carbocycles. The molecule has 1 aliphatic heterocycles. The van der Waals surface area contributed by atoms with Gasteiger partial charge in [0.1, 0.15) is 23.5 Å². The van der Waals surface area contributed by atoms with Gasteiger partial charge in [0, 0.05) is 26.2 Å². The molecule has 0 aromatic carbocycles. The lowest BCUT2D eigenvalue weighted by atomic mass is 10.1. The number of aromatic nitrogens is 2. The summed E-state index contributed by atoms with van der Waals surface area (Å²) in [4.78, 5) is 25.5. The highest BCUT2D eigenvalue weighted by Gasteiger charge is 2.27. The van der Waals surface area contributed by atoms with Crippen LogP contribution in [-0.4, -0.2) is 60.2 Å². The van der Waals surface area contributed by atoms with Gasteiger partial charge < -0.3 is 19.0 Å². The Balaban J connectivity index is 2.02. The standard InChI is InChI=1S/C16H22N4O3/c1-4-19-6-8-20(9-7-19)14-13-12(16(21)22-5-2)11(3)23-15(13)18-10-17-14/h10H,4-9H2,1-3H3. The summed E-state index contributed by atoms with van der Waals surface area (Å²) in [6.45, 7) is 10.8. The predicted octanol–water partition coefficient (Wildman–Crippen LogP) is 1.85. The molecule has 1 saturated heterocycles. The second-order valence-electron chi connectivity index (χ2n) is 5.55. The highest BCUT2D eigenvalue weighted by atomic mass is 16.5. The van der Waals surface area contributed by atoms with Gasteiger partial charge in [0.15, 0.2) is 0 Å². The van der Waals surface area contributed by atoms with Gasteiger partial charge in [-0.2, -0.15) is 0 Å². The number of rotatable bonds is 4. The zero-order chi connectivity index (χ0) is 16.4. The first-order chi connectivity index (χ1) is 11.2. The zero-order valence-corrected chi connectivity index (χ0v) is 13.8. The van der Waals surface area contributed by atoms with Crippen LogP contribution >= 0.6 is 0 Å². The molecule has 2 aromatic rings. The first-order valence-electron chi connectivity index (χ1n) is 8.04. The number of carbonyl (C=O) groups excluding carboxylic acids is 1. The molecule has 0 amide bonds. The molecule has 0 radical (unpaired) electrons. The summed E-state index contributed by atoms with van der Waals surface area (Å²) in [6, 6.07) is 0.